The smallest absolute Gasteiger partial charge is 0.225 e. The third-order valence-corrected chi connectivity index (χ3v) is 4.62. The molecule has 0 fully saturated rings. The molecule has 0 unspecified atom stereocenters. The molecular formula is C17H18FNO3S. The summed E-state index contributed by atoms with van der Waals surface area (Å²) in [6.07, 6.45) is 1.10. The first-order chi connectivity index (χ1) is 10.8. The third-order valence-electron chi connectivity index (χ3n) is 3.49. The predicted octanol–water partition coefficient (Wildman–Crippen LogP) is 2.65. The van der Waals surface area contributed by atoms with Gasteiger partial charge >= 0.3 is 0 Å². The van der Waals surface area contributed by atoms with Crippen LogP contribution in [0.4, 0.5) is 4.39 Å². The van der Waals surface area contributed by atoms with Gasteiger partial charge in [-0.25, -0.2) is 12.8 Å². The summed E-state index contributed by atoms with van der Waals surface area (Å²) < 4.78 is 36.4. The molecule has 0 aliphatic carbocycles. The molecule has 0 saturated carbocycles. The van der Waals surface area contributed by atoms with Gasteiger partial charge in [-0.2, -0.15) is 0 Å². The lowest BCUT2D eigenvalue weighted by atomic mass is 10.1. The minimum absolute atomic E-state index is 0.0432. The number of hydrogen-bond acceptors (Lipinski definition) is 3. The molecule has 1 amide bonds. The molecule has 0 spiro atoms. The first-order valence-electron chi connectivity index (χ1n) is 7.10. The van der Waals surface area contributed by atoms with Gasteiger partial charge in [-0.15, -0.1) is 0 Å². The van der Waals surface area contributed by atoms with E-state index in [9.17, 15) is 17.6 Å². The maximum absolute atomic E-state index is 13.5. The molecule has 2 aromatic carbocycles. The van der Waals surface area contributed by atoms with E-state index in [0.717, 1.165) is 11.8 Å². The van der Waals surface area contributed by atoms with E-state index in [-0.39, 0.29) is 23.3 Å². The van der Waals surface area contributed by atoms with Crippen LogP contribution in [0.3, 0.4) is 0 Å². The molecule has 2 rings (SSSR count). The van der Waals surface area contributed by atoms with Gasteiger partial charge in [0.25, 0.3) is 0 Å². The Morgan fingerprint density at radius 3 is 2.30 bits per heavy atom. The maximum Gasteiger partial charge on any atom is 0.225 e. The van der Waals surface area contributed by atoms with E-state index < -0.39 is 15.7 Å². The van der Waals surface area contributed by atoms with E-state index in [1.54, 1.807) is 37.3 Å². The van der Waals surface area contributed by atoms with Crippen LogP contribution in [0, 0.1) is 5.82 Å². The van der Waals surface area contributed by atoms with Crippen molar-refractivity contribution in [2.45, 2.75) is 24.3 Å². The van der Waals surface area contributed by atoms with Crippen molar-refractivity contribution in [2.24, 2.45) is 0 Å². The van der Waals surface area contributed by atoms with Crippen molar-refractivity contribution in [3.8, 4) is 0 Å². The standard InChI is InChI=1S/C17H18FNO3S/c1-12(13-7-9-15(10-8-13)23(2,21)22)19-17(20)11-14-5-3-4-6-16(14)18/h3-10,12H,11H2,1-2H3,(H,19,20)/t12-/m0/s1. The zero-order chi connectivity index (χ0) is 17.0. The van der Waals surface area contributed by atoms with E-state index in [4.69, 9.17) is 0 Å². The molecule has 1 atom stereocenters. The van der Waals surface area contributed by atoms with Gasteiger partial charge in [0.1, 0.15) is 5.82 Å². The van der Waals surface area contributed by atoms with Gasteiger partial charge in [0.2, 0.25) is 5.91 Å². The zero-order valence-electron chi connectivity index (χ0n) is 12.9. The quantitative estimate of drug-likeness (QED) is 0.914. The van der Waals surface area contributed by atoms with Crippen molar-refractivity contribution >= 4 is 15.7 Å². The Kier molecular flexibility index (Phi) is 5.15. The van der Waals surface area contributed by atoms with Crippen molar-refractivity contribution in [2.75, 3.05) is 6.26 Å². The molecule has 6 heteroatoms. The van der Waals surface area contributed by atoms with Crippen LogP contribution in [0.2, 0.25) is 0 Å². The van der Waals surface area contributed by atoms with Crippen molar-refractivity contribution in [1.29, 1.82) is 0 Å². The topological polar surface area (TPSA) is 63.2 Å². The van der Waals surface area contributed by atoms with Crippen LogP contribution in [-0.2, 0) is 21.1 Å². The second-order valence-electron chi connectivity index (χ2n) is 5.40. The summed E-state index contributed by atoms with van der Waals surface area (Å²) >= 11 is 0. The lowest BCUT2D eigenvalue weighted by molar-refractivity contribution is -0.121. The summed E-state index contributed by atoms with van der Waals surface area (Å²) in [7, 11) is -3.24. The highest BCUT2D eigenvalue weighted by atomic mass is 32.2. The van der Waals surface area contributed by atoms with Crippen LogP contribution >= 0.6 is 0 Å². The van der Waals surface area contributed by atoms with E-state index in [2.05, 4.69) is 5.32 Å². The SMILES string of the molecule is C[C@H](NC(=O)Cc1ccccc1F)c1ccc(S(C)(=O)=O)cc1. The molecule has 2 aromatic rings. The van der Waals surface area contributed by atoms with Crippen LogP contribution in [0.25, 0.3) is 0 Å². The number of carbonyl (C=O) groups is 1. The lowest BCUT2D eigenvalue weighted by Gasteiger charge is -2.15. The van der Waals surface area contributed by atoms with Gasteiger partial charge in [-0.3, -0.25) is 4.79 Å². The van der Waals surface area contributed by atoms with Gasteiger partial charge in [0.05, 0.1) is 17.4 Å². The second kappa shape index (κ2) is 6.91. The number of amides is 1. The van der Waals surface area contributed by atoms with Gasteiger partial charge < -0.3 is 5.32 Å². The first kappa shape index (κ1) is 17.1. The Morgan fingerprint density at radius 1 is 1.13 bits per heavy atom. The van der Waals surface area contributed by atoms with Crippen LogP contribution in [-0.4, -0.2) is 20.6 Å². The number of carbonyl (C=O) groups excluding carboxylic acids is 1. The summed E-state index contributed by atoms with van der Waals surface area (Å²) in [5, 5.41) is 2.78. The van der Waals surface area contributed by atoms with Crippen LogP contribution in [0.1, 0.15) is 24.1 Å². The fourth-order valence-corrected chi connectivity index (χ4v) is 2.82. The highest BCUT2D eigenvalue weighted by Crippen LogP contribution is 2.16. The van der Waals surface area contributed by atoms with E-state index in [1.165, 1.54) is 18.2 Å². The second-order valence-corrected chi connectivity index (χ2v) is 7.41. The Hall–Kier alpha value is -2.21. The maximum atomic E-state index is 13.5. The van der Waals surface area contributed by atoms with Gasteiger partial charge in [-0.05, 0) is 36.2 Å². The van der Waals surface area contributed by atoms with Crippen LogP contribution in [0.5, 0.6) is 0 Å². The van der Waals surface area contributed by atoms with E-state index >= 15 is 0 Å². The monoisotopic (exact) mass is 335 g/mol. The normalized spacial score (nSPS) is 12.7. The highest BCUT2D eigenvalue weighted by molar-refractivity contribution is 7.90. The molecule has 23 heavy (non-hydrogen) atoms. The van der Waals surface area contributed by atoms with Crippen LogP contribution in [0.15, 0.2) is 53.4 Å². The van der Waals surface area contributed by atoms with Crippen molar-refractivity contribution in [3.05, 3.63) is 65.5 Å². The molecule has 0 aliphatic rings. The summed E-state index contributed by atoms with van der Waals surface area (Å²) in [4.78, 5) is 12.2. The lowest BCUT2D eigenvalue weighted by Crippen LogP contribution is -2.28. The fraction of sp³-hybridized carbons (Fsp3) is 0.235. The Balaban J connectivity index is 2.02. The highest BCUT2D eigenvalue weighted by Gasteiger charge is 2.13. The van der Waals surface area contributed by atoms with E-state index in [0.29, 0.717) is 5.56 Å². The molecule has 0 aliphatic heterocycles. The molecule has 0 bridgehead atoms. The molecule has 0 aromatic heterocycles. The summed E-state index contributed by atoms with van der Waals surface area (Å²) in [6.45, 7) is 1.79. The minimum Gasteiger partial charge on any atom is -0.349 e. The molecule has 0 heterocycles. The molecule has 0 radical (unpaired) electrons. The van der Waals surface area contributed by atoms with Crippen molar-refractivity contribution in [3.63, 3.8) is 0 Å². The number of sulfone groups is 1. The number of hydrogen-bond donors (Lipinski definition) is 1. The molecule has 122 valence electrons. The van der Waals surface area contributed by atoms with Gasteiger partial charge in [0.15, 0.2) is 9.84 Å². The first-order valence-corrected chi connectivity index (χ1v) is 8.99. The van der Waals surface area contributed by atoms with Gasteiger partial charge in [0, 0.05) is 6.26 Å². The molecular weight excluding hydrogens is 317 g/mol. The number of halogens is 1. The van der Waals surface area contributed by atoms with E-state index in [1.807, 2.05) is 0 Å². The molecule has 4 nitrogen and oxygen atoms in total. The Morgan fingerprint density at radius 2 is 1.74 bits per heavy atom. The summed E-state index contributed by atoms with van der Waals surface area (Å²) in [5.74, 6) is -0.706. The van der Waals surface area contributed by atoms with Crippen LogP contribution < -0.4 is 5.32 Å². The summed E-state index contributed by atoms with van der Waals surface area (Å²) in [6, 6.07) is 12.2. The average Bonchev–Trinajstić information content (AvgIpc) is 2.49. The largest absolute Gasteiger partial charge is 0.349 e. The fourth-order valence-electron chi connectivity index (χ4n) is 2.19. The zero-order valence-corrected chi connectivity index (χ0v) is 13.7. The van der Waals surface area contributed by atoms with Crippen molar-refractivity contribution < 1.29 is 17.6 Å². The number of rotatable bonds is 5. The summed E-state index contributed by atoms with van der Waals surface area (Å²) in [5.41, 5.74) is 1.11. The number of benzene rings is 2. The number of nitrogens with one attached hydrogen (secondary N) is 1. The van der Waals surface area contributed by atoms with Gasteiger partial charge in [-0.1, -0.05) is 30.3 Å². The Labute approximate surface area is 135 Å². The predicted molar refractivity (Wildman–Crippen MR) is 86.2 cm³/mol. The third kappa shape index (κ3) is 4.63. The average molecular weight is 335 g/mol. The molecule has 0 saturated heterocycles. The minimum atomic E-state index is -3.24. The van der Waals surface area contributed by atoms with Crippen molar-refractivity contribution in [1.82, 2.24) is 5.32 Å². The Bertz CT molecular complexity index is 801. The molecule has 1 N–H and O–H groups in total.